The van der Waals surface area contributed by atoms with Gasteiger partial charge in [0.15, 0.2) is 0 Å². The highest BCUT2D eigenvalue weighted by atomic mass is 32.2. The van der Waals surface area contributed by atoms with Crippen LogP contribution >= 0.6 is 0 Å². The number of para-hydroxylation sites is 1. The van der Waals surface area contributed by atoms with E-state index in [4.69, 9.17) is 0 Å². The van der Waals surface area contributed by atoms with Gasteiger partial charge in [0.1, 0.15) is 11.6 Å². The number of carboxylic acid groups (broad SMARTS) is 1. The van der Waals surface area contributed by atoms with Crippen LogP contribution in [-0.4, -0.2) is 50.7 Å². The molecule has 0 spiro atoms. The highest BCUT2D eigenvalue weighted by molar-refractivity contribution is 7.92. The van der Waals surface area contributed by atoms with Gasteiger partial charge in [-0.05, 0) is 60.7 Å². The summed E-state index contributed by atoms with van der Waals surface area (Å²) in [6, 6.07) is 20.6. The Balaban J connectivity index is 1.41. The van der Waals surface area contributed by atoms with Crippen LogP contribution in [0.5, 0.6) is 0 Å². The number of fused-ring (bicyclic) bond motifs is 1. The second-order valence-electron chi connectivity index (χ2n) is 8.43. The third-order valence-corrected chi connectivity index (χ3v) is 7.52. The topological polar surface area (TPSA) is 103 Å². The number of nitrogens with one attached hydrogen (secondary N) is 1. The standard InChI is InChI=1S/C26H23FN4O4S/c27-18-6-9-21(10-7-18)36(34,35)29-19-8-11-24-22(16-19)23(26(32)33)17-25(28-24)31-14-12-30(13-15-31)20-4-2-1-3-5-20/h1-11,16-17,29H,12-15H2,(H,32,33). The largest absolute Gasteiger partial charge is 0.478 e. The fraction of sp³-hybridized carbons (Fsp3) is 0.154. The number of hydrogen-bond acceptors (Lipinski definition) is 6. The van der Waals surface area contributed by atoms with Gasteiger partial charge in [-0.25, -0.2) is 22.6 Å². The van der Waals surface area contributed by atoms with Crippen molar-refractivity contribution in [1.29, 1.82) is 0 Å². The van der Waals surface area contributed by atoms with Crippen molar-refractivity contribution >= 4 is 44.1 Å². The molecule has 0 aliphatic carbocycles. The Morgan fingerprint density at radius 3 is 2.22 bits per heavy atom. The number of aromatic carboxylic acids is 1. The van der Waals surface area contributed by atoms with Crippen molar-refractivity contribution in [3.63, 3.8) is 0 Å². The van der Waals surface area contributed by atoms with Crippen LogP contribution in [0.2, 0.25) is 0 Å². The minimum atomic E-state index is -3.98. The van der Waals surface area contributed by atoms with Gasteiger partial charge in [-0.3, -0.25) is 4.72 Å². The summed E-state index contributed by atoms with van der Waals surface area (Å²) in [7, 11) is -3.98. The Morgan fingerprint density at radius 2 is 1.56 bits per heavy atom. The third-order valence-electron chi connectivity index (χ3n) is 6.13. The van der Waals surface area contributed by atoms with Crippen LogP contribution in [0, 0.1) is 5.82 Å². The van der Waals surface area contributed by atoms with E-state index < -0.39 is 21.8 Å². The summed E-state index contributed by atoms with van der Waals surface area (Å²) in [6.07, 6.45) is 0. The average molecular weight is 507 g/mol. The van der Waals surface area contributed by atoms with Crippen LogP contribution < -0.4 is 14.5 Å². The SMILES string of the molecule is O=C(O)c1cc(N2CCN(c3ccccc3)CC2)nc2ccc(NS(=O)(=O)c3ccc(F)cc3)cc12. The maximum Gasteiger partial charge on any atom is 0.336 e. The molecule has 1 fully saturated rings. The first kappa shape index (κ1) is 23.6. The Labute approximate surface area is 207 Å². The Hall–Kier alpha value is -4.18. The monoisotopic (exact) mass is 506 g/mol. The van der Waals surface area contributed by atoms with Crippen LogP contribution in [0.4, 0.5) is 21.6 Å². The smallest absolute Gasteiger partial charge is 0.336 e. The van der Waals surface area contributed by atoms with Crippen molar-refractivity contribution in [3.05, 3.63) is 90.2 Å². The number of halogens is 1. The number of benzene rings is 3. The number of aromatic nitrogens is 1. The van der Waals surface area contributed by atoms with E-state index in [-0.39, 0.29) is 16.1 Å². The first-order chi connectivity index (χ1) is 17.3. The lowest BCUT2D eigenvalue weighted by atomic mass is 10.1. The fourth-order valence-corrected chi connectivity index (χ4v) is 5.32. The first-order valence-corrected chi connectivity index (χ1v) is 12.8. The summed E-state index contributed by atoms with van der Waals surface area (Å²) in [5.74, 6) is -1.12. The molecule has 1 aliphatic rings. The molecule has 3 aromatic carbocycles. The van der Waals surface area contributed by atoms with E-state index in [0.717, 1.165) is 43.0 Å². The predicted molar refractivity (Wildman–Crippen MR) is 137 cm³/mol. The van der Waals surface area contributed by atoms with E-state index in [1.165, 1.54) is 18.2 Å². The van der Waals surface area contributed by atoms with Gasteiger partial charge < -0.3 is 14.9 Å². The number of sulfonamides is 1. The van der Waals surface area contributed by atoms with E-state index in [0.29, 0.717) is 29.8 Å². The number of anilines is 3. The Morgan fingerprint density at radius 1 is 0.889 bits per heavy atom. The molecule has 1 aliphatic heterocycles. The summed E-state index contributed by atoms with van der Waals surface area (Å²) >= 11 is 0. The molecule has 0 atom stereocenters. The summed E-state index contributed by atoms with van der Waals surface area (Å²) in [5, 5.41) is 10.2. The lowest BCUT2D eigenvalue weighted by Gasteiger charge is -2.37. The van der Waals surface area contributed by atoms with Gasteiger partial charge >= 0.3 is 5.97 Å². The zero-order chi connectivity index (χ0) is 25.3. The minimum Gasteiger partial charge on any atom is -0.478 e. The molecule has 2 heterocycles. The number of nitrogens with zero attached hydrogens (tertiary/aromatic N) is 3. The van der Waals surface area contributed by atoms with Crippen molar-refractivity contribution < 1.29 is 22.7 Å². The van der Waals surface area contributed by atoms with E-state index in [1.807, 2.05) is 18.2 Å². The lowest BCUT2D eigenvalue weighted by Crippen LogP contribution is -2.46. The van der Waals surface area contributed by atoms with Gasteiger partial charge in [0.25, 0.3) is 10.0 Å². The molecule has 0 saturated carbocycles. The van der Waals surface area contributed by atoms with Gasteiger partial charge in [0.05, 0.1) is 16.0 Å². The maximum absolute atomic E-state index is 13.2. The van der Waals surface area contributed by atoms with Crippen molar-refractivity contribution in [1.82, 2.24) is 4.98 Å². The third kappa shape index (κ3) is 4.80. The Bertz CT molecular complexity index is 1520. The average Bonchev–Trinajstić information content (AvgIpc) is 2.88. The molecule has 1 saturated heterocycles. The van der Waals surface area contributed by atoms with Crippen molar-refractivity contribution in [2.75, 3.05) is 40.7 Å². The number of hydrogen-bond donors (Lipinski definition) is 2. The van der Waals surface area contributed by atoms with Crippen LogP contribution in [0.1, 0.15) is 10.4 Å². The molecule has 5 rings (SSSR count). The highest BCUT2D eigenvalue weighted by Crippen LogP contribution is 2.28. The summed E-state index contributed by atoms with van der Waals surface area (Å²) in [4.78, 5) is 21.0. The highest BCUT2D eigenvalue weighted by Gasteiger charge is 2.22. The number of carboxylic acids is 1. The normalized spacial score (nSPS) is 14.1. The predicted octanol–water partition coefficient (Wildman–Crippen LogP) is 4.20. The van der Waals surface area contributed by atoms with Crippen molar-refractivity contribution in [2.45, 2.75) is 4.90 Å². The zero-order valence-electron chi connectivity index (χ0n) is 19.1. The van der Waals surface area contributed by atoms with E-state index in [9.17, 15) is 22.7 Å². The van der Waals surface area contributed by atoms with E-state index in [1.54, 1.807) is 6.07 Å². The molecule has 0 unspecified atom stereocenters. The van der Waals surface area contributed by atoms with Crippen LogP contribution in [-0.2, 0) is 10.0 Å². The van der Waals surface area contributed by atoms with Gasteiger partial charge in [-0.1, -0.05) is 18.2 Å². The van der Waals surface area contributed by atoms with Crippen LogP contribution in [0.25, 0.3) is 10.9 Å². The second-order valence-corrected chi connectivity index (χ2v) is 10.1. The van der Waals surface area contributed by atoms with Crippen molar-refractivity contribution in [2.24, 2.45) is 0 Å². The summed E-state index contributed by atoms with van der Waals surface area (Å²) < 4.78 is 41.0. The maximum atomic E-state index is 13.2. The van der Waals surface area contributed by atoms with Crippen LogP contribution in [0.15, 0.2) is 83.8 Å². The second kappa shape index (κ2) is 9.46. The summed E-state index contributed by atoms with van der Waals surface area (Å²) in [5.41, 5.74) is 1.80. The molecular weight excluding hydrogens is 483 g/mol. The Kier molecular flexibility index (Phi) is 6.19. The molecule has 4 aromatic rings. The van der Waals surface area contributed by atoms with E-state index in [2.05, 4.69) is 31.6 Å². The number of piperazine rings is 1. The minimum absolute atomic E-state index is 0.0309. The number of rotatable bonds is 6. The quantitative estimate of drug-likeness (QED) is 0.404. The van der Waals surface area contributed by atoms with Gasteiger partial charge in [0.2, 0.25) is 0 Å². The van der Waals surface area contributed by atoms with Crippen molar-refractivity contribution in [3.8, 4) is 0 Å². The van der Waals surface area contributed by atoms with Gasteiger partial charge in [0, 0.05) is 42.9 Å². The lowest BCUT2D eigenvalue weighted by molar-refractivity contribution is 0.0699. The zero-order valence-corrected chi connectivity index (χ0v) is 20.0. The summed E-state index contributed by atoms with van der Waals surface area (Å²) in [6.45, 7) is 2.91. The van der Waals surface area contributed by atoms with Gasteiger partial charge in [-0.15, -0.1) is 0 Å². The van der Waals surface area contributed by atoms with Gasteiger partial charge in [-0.2, -0.15) is 0 Å². The molecule has 0 bridgehead atoms. The molecule has 8 nitrogen and oxygen atoms in total. The fourth-order valence-electron chi connectivity index (χ4n) is 4.27. The number of pyridine rings is 1. The van der Waals surface area contributed by atoms with E-state index >= 15 is 0 Å². The molecule has 36 heavy (non-hydrogen) atoms. The first-order valence-electron chi connectivity index (χ1n) is 11.3. The molecule has 1 aromatic heterocycles. The molecule has 2 N–H and O–H groups in total. The molecular formula is C26H23FN4O4S. The number of carbonyl (C=O) groups is 1. The molecule has 10 heteroatoms. The molecule has 0 amide bonds. The molecule has 184 valence electrons. The van der Waals surface area contributed by atoms with Crippen LogP contribution in [0.3, 0.4) is 0 Å². The molecule has 0 radical (unpaired) electrons.